The zero-order valence-electron chi connectivity index (χ0n) is 8.75. The van der Waals surface area contributed by atoms with E-state index < -0.39 is 9.84 Å². The van der Waals surface area contributed by atoms with Crippen molar-refractivity contribution in [3.8, 4) is 0 Å². The minimum atomic E-state index is -2.82. The molecule has 2 unspecified atom stereocenters. The second-order valence-corrected chi connectivity index (χ2v) is 7.57. The van der Waals surface area contributed by atoms with Gasteiger partial charge in [0.15, 0.2) is 9.84 Å². The first kappa shape index (κ1) is 11.9. The Morgan fingerprint density at radius 2 is 2.20 bits per heavy atom. The molecule has 0 radical (unpaired) electrons. The van der Waals surface area contributed by atoms with Crippen LogP contribution in [0.4, 0.5) is 0 Å². The summed E-state index contributed by atoms with van der Waals surface area (Å²) < 4.78 is 29.2. The fourth-order valence-electron chi connectivity index (χ4n) is 2.58. The third kappa shape index (κ3) is 2.39. The Bertz CT molecular complexity index is 320. The Kier molecular flexibility index (Phi) is 3.43. The molecule has 15 heavy (non-hydrogen) atoms. The molecule has 0 amide bonds. The van der Waals surface area contributed by atoms with Crippen LogP contribution >= 0.6 is 15.9 Å². The van der Waals surface area contributed by atoms with Crippen LogP contribution in [0.15, 0.2) is 0 Å². The molecule has 0 aliphatic carbocycles. The van der Waals surface area contributed by atoms with Crippen LogP contribution in [0.25, 0.3) is 0 Å². The average Bonchev–Trinajstić information content (AvgIpc) is 2.76. The number of sulfone groups is 1. The van der Waals surface area contributed by atoms with Gasteiger partial charge in [-0.2, -0.15) is 0 Å². The van der Waals surface area contributed by atoms with Crippen LogP contribution in [0.1, 0.15) is 32.1 Å². The first-order valence-corrected chi connectivity index (χ1v) is 8.33. The van der Waals surface area contributed by atoms with Crippen molar-refractivity contribution in [2.75, 3.05) is 17.7 Å². The van der Waals surface area contributed by atoms with Gasteiger partial charge in [0.05, 0.1) is 16.6 Å². The molecule has 0 aromatic carbocycles. The molecular formula is C10H17BrO3S. The first-order valence-electron chi connectivity index (χ1n) is 5.49. The number of hydrogen-bond acceptors (Lipinski definition) is 3. The van der Waals surface area contributed by atoms with Crippen LogP contribution in [0.5, 0.6) is 0 Å². The third-order valence-corrected chi connectivity index (χ3v) is 6.79. The van der Waals surface area contributed by atoms with Crippen molar-refractivity contribution in [1.82, 2.24) is 0 Å². The van der Waals surface area contributed by atoms with Crippen molar-refractivity contribution >= 4 is 25.8 Å². The Hall–Kier alpha value is 0.390. The molecule has 2 aliphatic heterocycles. The molecule has 0 aromatic heterocycles. The molecule has 3 nitrogen and oxygen atoms in total. The van der Waals surface area contributed by atoms with Crippen LogP contribution in [0.3, 0.4) is 0 Å². The second kappa shape index (κ2) is 4.34. The first-order chi connectivity index (χ1) is 7.08. The molecule has 0 spiro atoms. The number of hydrogen-bond donors (Lipinski definition) is 0. The summed E-state index contributed by atoms with van der Waals surface area (Å²) in [6.07, 6.45) is 4.37. The van der Waals surface area contributed by atoms with Gasteiger partial charge < -0.3 is 4.74 Å². The summed E-state index contributed by atoms with van der Waals surface area (Å²) in [6, 6.07) is 0. The van der Waals surface area contributed by atoms with E-state index in [0.717, 1.165) is 37.6 Å². The third-order valence-electron chi connectivity index (χ3n) is 3.49. The summed E-state index contributed by atoms with van der Waals surface area (Å²) in [5, 5.41) is 0.597. The molecule has 0 aromatic rings. The highest BCUT2D eigenvalue weighted by molar-refractivity contribution is 9.09. The lowest BCUT2D eigenvalue weighted by Gasteiger charge is -2.28. The van der Waals surface area contributed by atoms with E-state index in [9.17, 15) is 8.42 Å². The molecule has 2 rings (SSSR count). The topological polar surface area (TPSA) is 43.4 Å². The van der Waals surface area contributed by atoms with E-state index in [1.807, 2.05) is 0 Å². The van der Waals surface area contributed by atoms with E-state index in [1.165, 1.54) is 0 Å². The highest BCUT2D eigenvalue weighted by Crippen LogP contribution is 2.36. The monoisotopic (exact) mass is 296 g/mol. The van der Waals surface area contributed by atoms with Gasteiger partial charge in [-0.25, -0.2) is 8.42 Å². The van der Waals surface area contributed by atoms with Gasteiger partial charge in [-0.1, -0.05) is 15.9 Å². The fourth-order valence-corrected chi connectivity index (χ4v) is 5.24. The molecule has 88 valence electrons. The Labute approximate surface area is 99.6 Å². The number of alkyl halides is 1. The summed E-state index contributed by atoms with van der Waals surface area (Å²) in [5.41, 5.74) is -0.206. The van der Waals surface area contributed by atoms with Crippen molar-refractivity contribution in [3.05, 3.63) is 0 Å². The zero-order chi connectivity index (χ0) is 10.9. The SMILES string of the molecule is O=S1(=O)CCCC1CC1(CBr)CCCO1. The minimum absolute atomic E-state index is 0.159. The van der Waals surface area contributed by atoms with Gasteiger partial charge in [0.2, 0.25) is 0 Å². The maximum absolute atomic E-state index is 11.7. The highest BCUT2D eigenvalue weighted by Gasteiger charge is 2.42. The van der Waals surface area contributed by atoms with Crippen molar-refractivity contribution in [3.63, 3.8) is 0 Å². The predicted octanol–water partition coefficient (Wildman–Crippen LogP) is 1.90. The summed E-state index contributed by atoms with van der Waals surface area (Å²) in [7, 11) is -2.82. The van der Waals surface area contributed by atoms with E-state index >= 15 is 0 Å². The van der Waals surface area contributed by atoms with Crippen molar-refractivity contribution in [2.24, 2.45) is 0 Å². The predicted molar refractivity (Wildman–Crippen MR) is 63.1 cm³/mol. The summed E-state index contributed by atoms with van der Waals surface area (Å²) in [5.74, 6) is 0.371. The Balaban J connectivity index is 2.07. The van der Waals surface area contributed by atoms with Crippen molar-refractivity contribution < 1.29 is 13.2 Å². The molecule has 2 heterocycles. The van der Waals surface area contributed by atoms with Crippen LogP contribution in [-0.2, 0) is 14.6 Å². The van der Waals surface area contributed by atoms with E-state index in [4.69, 9.17) is 4.74 Å². The van der Waals surface area contributed by atoms with Gasteiger partial charge in [-0.3, -0.25) is 0 Å². The Morgan fingerprint density at radius 3 is 2.67 bits per heavy atom. The summed E-state index contributed by atoms with van der Waals surface area (Å²) in [4.78, 5) is 0. The van der Waals surface area contributed by atoms with Crippen molar-refractivity contribution in [1.29, 1.82) is 0 Å². The van der Waals surface area contributed by atoms with E-state index in [0.29, 0.717) is 12.2 Å². The van der Waals surface area contributed by atoms with Crippen LogP contribution in [0, 0.1) is 0 Å². The molecule has 2 atom stereocenters. The number of halogens is 1. The lowest BCUT2D eigenvalue weighted by molar-refractivity contribution is 0.0177. The maximum atomic E-state index is 11.7. The lowest BCUT2D eigenvalue weighted by Crippen LogP contribution is -2.36. The minimum Gasteiger partial charge on any atom is -0.374 e. The quantitative estimate of drug-likeness (QED) is 0.747. The standard InChI is InChI=1S/C10H17BrO3S/c11-8-10(4-2-5-14-10)7-9-3-1-6-15(9,12)13/h9H,1-8H2. The maximum Gasteiger partial charge on any atom is 0.153 e. The van der Waals surface area contributed by atoms with Crippen LogP contribution in [0.2, 0.25) is 0 Å². The van der Waals surface area contributed by atoms with Crippen molar-refractivity contribution in [2.45, 2.75) is 43.0 Å². The van der Waals surface area contributed by atoms with Crippen LogP contribution < -0.4 is 0 Å². The second-order valence-electron chi connectivity index (χ2n) is 4.60. The van der Waals surface area contributed by atoms with Crippen LogP contribution in [-0.4, -0.2) is 37.0 Å². The average molecular weight is 297 g/mol. The van der Waals surface area contributed by atoms with Gasteiger partial charge in [0.1, 0.15) is 0 Å². The molecule has 2 aliphatic rings. The van der Waals surface area contributed by atoms with Gasteiger partial charge in [-0.05, 0) is 32.1 Å². The van der Waals surface area contributed by atoms with E-state index in [-0.39, 0.29) is 10.9 Å². The van der Waals surface area contributed by atoms with E-state index in [2.05, 4.69) is 15.9 Å². The lowest BCUT2D eigenvalue weighted by atomic mass is 9.95. The molecule has 0 bridgehead atoms. The van der Waals surface area contributed by atoms with Gasteiger partial charge >= 0.3 is 0 Å². The number of rotatable bonds is 3. The normalized spacial score (nSPS) is 39.7. The molecule has 0 N–H and O–H groups in total. The molecular weight excluding hydrogens is 280 g/mol. The molecule has 2 fully saturated rings. The molecule has 5 heteroatoms. The van der Waals surface area contributed by atoms with Gasteiger partial charge in [-0.15, -0.1) is 0 Å². The Morgan fingerprint density at radius 1 is 1.40 bits per heavy atom. The largest absolute Gasteiger partial charge is 0.374 e. The number of ether oxygens (including phenoxy) is 1. The molecule has 2 saturated heterocycles. The molecule has 0 saturated carbocycles. The smallest absolute Gasteiger partial charge is 0.153 e. The highest BCUT2D eigenvalue weighted by atomic mass is 79.9. The van der Waals surface area contributed by atoms with Gasteiger partial charge in [0.25, 0.3) is 0 Å². The summed E-state index contributed by atoms with van der Waals surface area (Å²) in [6.45, 7) is 0.776. The van der Waals surface area contributed by atoms with E-state index in [1.54, 1.807) is 0 Å². The fraction of sp³-hybridized carbons (Fsp3) is 1.00. The summed E-state index contributed by atoms with van der Waals surface area (Å²) >= 11 is 3.46. The van der Waals surface area contributed by atoms with Gasteiger partial charge in [0, 0.05) is 11.9 Å². The zero-order valence-corrected chi connectivity index (χ0v) is 11.1.